The first-order valence-electron chi connectivity index (χ1n) is 11.9. The third-order valence-electron chi connectivity index (χ3n) is 6.12. The van der Waals surface area contributed by atoms with Crippen LogP contribution < -0.4 is 16.6 Å². The minimum Gasteiger partial charge on any atom is -0.353 e. The largest absolute Gasteiger partial charge is 0.353 e. The molecule has 10 nitrogen and oxygen atoms in total. The van der Waals surface area contributed by atoms with E-state index in [1.165, 1.54) is 12.8 Å². The van der Waals surface area contributed by atoms with Crippen LogP contribution in [0.1, 0.15) is 63.3 Å². The molecule has 1 aliphatic carbocycles. The van der Waals surface area contributed by atoms with Crippen LogP contribution in [0.5, 0.6) is 0 Å². The molecule has 0 unspecified atom stereocenters. The van der Waals surface area contributed by atoms with Crippen LogP contribution >= 0.6 is 0 Å². The number of carbonyl (C=O) groups is 1. The lowest BCUT2D eigenvalue weighted by Crippen LogP contribution is -2.41. The first kappa shape index (κ1) is 23.6. The summed E-state index contributed by atoms with van der Waals surface area (Å²) in [7, 11) is 0. The number of nitrogens with zero attached hydrogens (tertiary/aromatic N) is 5. The van der Waals surface area contributed by atoms with Gasteiger partial charge in [0.1, 0.15) is 0 Å². The van der Waals surface area contributed by atoms with E-state index in [-0.39, 0.29) is 48.7 Å². The lowest BCUT2D eigenvalue weighted by atomic mass is 10.1. The van der Waals surface area contributed by atoms with Gasteiger partial charge in [0.15, 0.2) is 5.69 Å². The van der Waals surface area contributed by atoms with Crippen molar-refractivity contribution < 1.29 is 9.32 Å². The zero-order chi connectivity index (χ0) is 24.1. The Morgan fingerprint density at radius 3 is 2.50 bits per heavy atom. The zero-order valence-electron chi connectivity index (χ0n) is 19.6. The molecule has 0 bridgehead atoms. The Bertz CT molecular complexity index is 1250. The van der Waals surface area contributed by atoms with Crippen molar-refractivity contribution in [2.24, 2.45) is 0 Å². The first-order valence-corrected chi connectivity index (χ1v) is 11.9. The average Bonchev–Trinajstić information content (AvgIpc) is 3.15. The highest BCUT2D eigenvalue weighted by molar-refractivity contribution is 5.76. The Kier molecular flexibility index (Phi) is 7.34. The van der Waals surface area contributed by atoms with Crippen molar-refractivity contribution in [3.63, 3.8) is 0 Å². The second-order valence-electron chi connectivity index (χ2n) is 8.70. The van der Waals surface area contributed by atoms with Gasteiger partial charge >= 0.3 is 5.69 Å². The van der Waals surface area contributed by atoms with Crippen molar-refractivity contribution >= 4 is 5.91 Å². The molecule has 0 saturated heterocycles. The highest BCUT2D eigenvalue weighted by Gasteiger charge is 2.21. The highest BCUT2D eigenvalue weighted by Crippen LogP contribution is 2.17. The minimum absolute atomic E-state index is 0.00719. The fraction of sp³-hybridized carbons (Fsp3) is 0.500. The molecule has 180 valence electrons. The maximum atomic E-state index is 12.9. The van der Waals surface area contributed by atoms with Gasteiger partial charge in [-0.05, 0) is 38.8 Å². The van der Waals surface area contributed by atoms with Crippen molar-refractivity contribution in [1.29, 1.82) is 0 Å². The van der Waals surface area contributed by atoms with E-state index in [4.69, 9.17) is 4.52 Å². The number of carbonyl (C=O) groups excluding carboxylic acids is 1. The van der Waals surface area contributed by atoms with Crippen LogP contribution in [-0.2, 0) is 17.8 Å². The molecule has 0 spiro atoms. The van der Waals surface area contributed by atoms with Gasteiger partial charge in [-0.1, -0.05) is 48.5 Å². The maximum Gasteiger partial charge on any atom is 0.352 e. The van der Waals surface area contributed by atoms with E-state index in [1.807, 2.05) is 19.1 Å². The van der Waals surface area contributed by atoms with Crippen LogP contribution in [-0.4, -0.2) is 36.4 Å². The lowest BCUT2D eigenvalue weighted by Gasteiger charge is -2.15. The summed E-state index contributed by atoms with van der Waals surface area (Å²) in [5.41, 5.74) is 0.345. The van der Waals surface area contributed by atoms with Gasteiger partial charge in [0.25, 0.3) is 5.56 Å². The number of nitrogens with one attached hydrogen (secondary N) is 1. The quantitative estimate of drug-likeness (QED) is 0.531. The number of amides is 1. The molecule has 1 saturated carbocycles. The van der Waals surface area contributed by atoms with Gasteiger partial charge in [-0.25, -0.2) is 4.79 Å². The van der Waals surface area contributed by atoms with E-state index in [2.05, 4.69) is 20.6 Å². The molecule has 1 N–H and O–H groups in total. The van der Waals surface area contributed by atoms with Gasteiger partial charge in [0.05, 0.1) is 5.69 Å². The second kappa shape index (κ2) is 10.6. The fourth-order valence-electron chi connectivity index (χ4n) is 4.18. The topological polar surface area (TPSA) is 125 Å². The van der Waals surface area contributed by atoms with Crippen LogP contribution in [0.2, 0.25) is 0 Å². The molecule has 1 amide bonds. The molecule has 1 fully saturated rings. The first-order chi connectivity index (χ1) is 16.5. The average molecular weight is 467 g/mol. The minimum atomic E-state index is -0.589. The maximum absolute atomic E-state index is 12.9. The third kappa shape index (κ3) is 5.32. The molecule has 10 heteroatoms. The molecule has 3 aromatic rings. The summed E-state index contributed by atoms with van der Waals surface area (Å²) in [4.78, 5) is 42.3. The predicted molar refractivity (Wildman–Crippen MR) is 126 cm³/mol. The standard InChI is InChI=1S/C24H30N6O4/c1-3-29-23(32)21(27-30(24(29)33)18-12-10-16(2)11-13-18)22-26-20(34-28-22)15-14-19(31)25-17-8-6-4-5-7-9-17/h10-13,17H,3-9,14-15H2,1-2H3,(H,25,31). The summed E-state index contributed by atoms with van der Waals surface area (Å²) in [6, 6.07) is 7.46. The zero-order valence-corrected chi connectivity index (χ0v) is 19.6. The monoisotopic (exact) mass is 466 g/mol. The van der Waals surface area contributed by atoms with Gasteiger partial charge < -0.3 is 9.84 Å². The van der Waals surface area contributed by atoms with E-state index in [1.54, 1.807) is 19.1 Å². The molecular weight excluding hydrogens is 436 g/mol. The molecule has 0 aliphatic heterocycles. The number of aryl methyl sites for hydroxylation is 2. The van der Waals surface area contributed by atoms with Gasteiger partial charge in [-0.3, -0.25) is 14.2 Å². The molecule has 1 aromatic carbocycles. The Labute approximate surface area is 197 Å². The summed E-state index contributed by atoms with van der Waals surface area (Å²) in [6.07, 6.45) is 7.24. The summed E-state index contributed by atoms with van der Waals surface area (Å²) in [5.74, 6) is 0.182. The smallest absolute Gasteiger partial charge is 0.352 e. The highest BCUT2D eigenvalue weighted by atomic mass is 16.5. The van der Waals surface area contributed by atoms with Crippen LogP contribution in [0.25, 0.3) is 17.2 Å². The van der Waals surface area contributed by atoms with Gasteiger partial charge in [0.2, 0.25) is 17.6 Å². The van der Waals surface area contributed by atoms with Crippen LogP contribution in [0.15, 0.2) is 38.4 Å². The van der Waals surface area contributed by atoms with Crippen molar-refractivity contribution in [3.05, 3.63) is 56.6 Å². The van der Waals surface area contributed by atoms with Gasteiger partial charge in [-0.2, -0.15) is 14.8 Å². The lowest BCUT2D eigenvalue weighted by molar-refractivity contribution is -0.121. The molecule has 0 atom stereocenters. The van der Waals surface area contributed by atoms with E-state index in [0.717, 1.165) is 40.5 Å². The molecular formula is C24H30N6O4. The van der Waals surface area contributed by atoms with Crippen LogP contribution in [0, 0.1) is 6.92 Å². The number of hydrogen-bond acceptors (Lipinski definition) is 7. The summed E-state index contributed by atoms with van der Waals surface area (Å²) < 4.78 is 7.53. The number of hydrogen-bond donors (Lipinski definition) is 1. The van der Waals surface area contributed by atoms with Crippen molar-refractivity contribution in [3.8, 4) is 17.2 Å². The Hall–Kier alpha value is -3.56. The van der Waals surface area contributed by atoms with Gasteiger partial charge in [0, 0.05) is 25.4 Å². The van der Waals surface area contributed by atoms with Gasteiger partial charge in [-0.15, -0.1) is 0 Å². The molecule has 0 radical (unpaired) electrons. The molecule has 34 heavy (non-hydrogen) atoms. The SMILES string of the molecule is CCn1c(=O)c(-c2noc(CCC(=O)NC3CCCCCC3)n2)nn(-c2ccc(C)cc2)c1=O. The second-order valence-corrected chi connectivity index (χ2v) is 8.70. The fourth-order valence-corrected chi connectivity index (χ4v) is 4.18. The third-order valence-corrected chi connectivity index (χ3v) is 6.12. The van der Waals surface area contributed by atoms with Crippen molar-refractivity contribution in [1.82, 2.24) is 29.8 Å². The predicted octanol–water partition coefficient (Wildman–Crippen LogP) is 2.54. The molecule has 4 rings (SSSR count). The van der Waals surface area contributed by atoms with Crippen LogP contribution in [0.3, 0.4) is 0 Å². The van der Waals surface area contributed by atoms with Crippen LogP contribution in [0.4, 0.5) is 0 Å². The number of benzene rings is 1. The Balaban J connectivity index is 1.52. The summed E-state index contributed by atoms with van der Waals surface area (Å²) in [6.45, 7) is 3.82. The number of aromatic nitrogens is 5. The van der Waals surface area contributed by atoms with Crippen molar-refractivity contribution in [2.75, 3.05) is 0 Å². The molecule has 2 heterocycles. The Morgan fingerprint density at radius 2 is 1.82 bits per heavy atom. The van der Waals surface area contributed by atoms with Crippen molar-refractivity contribution in [2.45, 2.75) is 77.8 Å². The number of rotatable bonds is 7. The molecule has 2 aromatic heterocycles. The van der Waals surface area contributed by atoms with E-state index >= 15 is 0 Å². The van der Waals surface area contributed by atoms with E-state index in [9.17, 15) is 14.4 Å². The van der Waals surface area contributed by atoms with E-state index < -0.39 is 11.2 Å². The molecule has 1 aliphatic rings. The summed E-state index contributed by atoms with van der Waals surface area (Å²) in [5, 5.41) is 11.2. The normalized spacial score (nSPS) is 14.6. The Morgan fingerprint density at radius 1 is 1.12 bits per heavy atom. The summed E-state index contributed by atoms with van der Waals surface area (Å²) >= 11 is 0. The van der Waals surface area contributed by atoms with E-state index in [0.29, 0.717) is 5.69 Å².